The number of likely N-dealkylation sites (tertiary alicyclic amines) is 1. The van der Waals surface area contributed by atoms with Crippen LogP contribution >= 0.6 is 0 Å². The van der Waals surface area contributed by atoms with Crippen LogP contribution in [0.1, 0.15) is 53.4 Å². The highest BCUT2D eigenvalue weighted by Gasteiger charge is 2.32. The van der Waals surface area contributed by atoms with Gasteiger partial charge in [-0.1, -0.05) is 0 Å². The summed E-state index contributed by atoms with van der Waals surface area (Å²) in [6.45, 7) is 7.55. The fourth-order valence-corrected chi connectivity index (χ4v) is 2.60. The summed E-state index contributed by atoms with van der Waals surface area (Å²) in [6.07, 6.45) is 3.09. The fourth-order valence-electron chi connectivity index (χ4n) is 2.60. The van der Waals surface area contributed by atoms with Gasteiger partial charge in [-0.3, -0.25) is 4.79 Å². The van der Waals surface area contributed by atoms with Crippen LogP contribution in [0.15, 0.2) is 0 Å². The Morgan fingerprint density at radius 1 is 1.28 bits per heavy atom. The summed E-state index contributed by atoms with van der Waals surface area (Å²) in [6, 6.07) is 0.282. The molecule has 0 radical (unpaired) electrons. The molecule has 0 aromatic heterocycles. The molecule has 1 heterocycles. The second-order valence-corrected chi connectivity index (χ2v) is 5.92. The molecule has 0 aliphatic carbocycles. The number of amides is 2. The van der Waals surface area contributed by atoms with Gasteiger partial charge < -0.3 is 15.3 Å². The third-order valence-electron chi connectivity index (χ3n) is 3.47. The Bertz CT molecular complexity index is 318. The van der Waals surface area contributed by atoms with Crippen molar-refractivity contribution in [3.63, 3.8) is 0 Å². The highest BCUT2D eigenvalue weighted by Crippen LogP contribution is 2.23. The third kappa shape index (κ3) is 3.89. The van der Waals surface area contributed by atoms with Crippen LogP contribution in [0.3, 0.4) is 0 Å². The lowest BCUT2D eigenvalue weighted by Gasteiger charge is -2.40. The zero-order valence-corrected chi connectivity index (χ0v) is 11.7. The molecular formula is C13H24N2O3. The number of rotatable bonds is 3. The molecule has 0 saturated carbocycles. The second kappa shape index (κ2) is 5.59. The molecule has 1 rings (SSSR count). The minimum atomic E-state index is -0.903. The molecule has 104 valence electrons. The number of carboxylic acids is 1. The Morgan fingerprint density at radius 3 is 2.22 bits per heavy atom. The fraction of sp³-hybridized carbons (Fsp3) is 0.846. The Labute approximate surface area is 109 Å². The number of nitrogens with zero attached hydrogens (tertiary/aromatic N) is 1. The van der Waals surface area contributed by atoms with Gasteiger partial charge in [-0.25, -0.2) is 4.79 Å². The molecule has 2 N–H and O–H groups in total. The van der Waals surface area contributed by atoms with Gasteiger partial charge in [0.05, 0.1) is 6.42 Å². The van der Waals surface area contributed by atoms with E-state index in [4.69, 9.17) is 5.11 Å². The predicted molar refractivity (Wildman–Crippen MR) is 69.5 cm³/mol. The van der Waals surface area contributed by atoms with Gasteiger partial charge in [-0.05, 0) is 47.0 Å². The van der Waals surface area contributed by atoms with Gasteiger partial charge in [0, 0.05) is 17.6 Å². The number of aliphatic carboxylic acids is 1. The molecule has 5 heteroatoms. The van der Waals surface area contributed by atoms with Crippen LogP contribution in [0.25, 0.3) is 0 Å². The predicted octanol–water partition coefficient (Wildman–Crippen LogP) is 2.21. The summed E-state index contributed by atoms with van der Waals surface area (Å²) < 4.78 is 0. The van der Waals surface area contributed by atoms with E-state index in [9.17, 15) is 9.59 Å². The maximum absolute atomic E-state index is 12.2. The molecule has 0 bridgehead atoms. The average Bonchev–Trinajstić information content (AvgIpc) is 2.13. The molecule has 0 unspecified atom stereocenters. The highest BCUT2D eigenvalue weighted by molar-refractivity contribution is 5.77. The number of hydrogen-bond acceptors (Lipinski definition) is 2. The van der Waals surface area contributed by atoms with E-state index in [0.717, 1.165) is 19.3 Å². The summed E-state index contributed by atoms with van der Waals surface area (Å²) in [7, 11) is 0. The summed E-state index contributed by atoms with van der Waals surface area (Å²) in [5, 5.41) is 11.6. The van der Waals surface area contributed by atoms with Crippen molar-refractivity contribution >= 4 is 12.0 Å². The quantitative estimate of drug-likeness (QED) is 0.813. The Balaban J connectivity index is 2.66. The summed E-state index contributed by atoms with van der Waals surface area (Å²) >= 11 is 0. The number of carboxylic acid groups (broad SMARTS) is 1. The molecule has 2 atom stereocenters. The molecule has 2 amide bonds. The summed E-state index contributed by atoms with van der Waals surface area (Å²) in [4.78, 5) is 24.8. The van der Waals surface area contributed by atoms with Crippen LogP contribution in [0, 0.1) is 0 Å². The molecule has 0 spiro atoms. The first-order valence-electron chi connectivity index (χ1n) is 6.55. The lowest BCUT2D eigenvalue weighted by Crippen LogP contribution is -2.56. The van der Waals surface area contributed by atoms with Crippen molar-refractivity contribution in [3.05, 3.63) is 0 Å². The summed E-state index contributed by atoms with van der Waals surface area (Å²) in [5.41, 5.74) is -0.722. The number of hydrogen-bond donors (Lipinski definition) is 2. The van der Waals surface area contributed by atoms with E-state index in [-0.39, 0.29) is 24.5 Å². The van der Waals surface area contributed by atoms with Crippen molar-refractivity contribution in [2.45, 2.75) is 71.0 Å². The van der Waals surface area contributed by atoms with Crippen LogP contribution in [-0.4, -0.2) is 39.6 Å². The van der Waals surface area contributed by atoms with Gasteiger partial charge in [0.2, 0.25) is 0 Å². The largest absolute Gasteiger partial charge is 0.481 e. The van der Waals surface area contributed by atoms with E-state index in [1.807, 2.05) is 18.7 Å². The van der Waals surface area contributed by atoms with Gasteiger partial charge >= 0.3 is 12.0 Å². The zero-order valence-electron chi connectivity index (χ0n) is 11.7. The molecular weight excluding hydrogens is 232 g/mol. The van der Waals surface area contributed by atoms with Crippen LogP contribution in [0.5, 0.6) is 0 Å². The van der Waals surface area contributed by atoms with Crippen molar-refractivity contribution in [1.82, 2.24) is 10.2 Å². The van der Waals surface area contributed by atoms with Crippen molar-refractivity contribution in [2.75, 3.05) is 0 Å². The van der Waals surface area contributed by atoms with Gasteiger partial charge in [0.1, 0.15) is 0 Å². The second-order valence-electron chi connectivity index (χ2n) is 5.92. The first-order valence-corrected chi connectivity index (χ1v) is 6.55. The molecule has 0 aromatic carbocycles. The number of urea groups is 1. The average molecular weight is 256 g/mol. The van der Waals surface area contributed by atoms with Crippen molar-refractivity contribution in [3.8, 4) is 0 Å². The van der Waals surface area contributed by atoms with Gasteiger partial charge in [-0.15, -0.1) is 0 Å². The molecule has 1 fully saturated rings. The summed E-state index contributed by atoms with van der Waals surface area (Å²) in [5.74, 6) is -0.903. The minimum Gasteiger partial charge on any atom is -0.481 e. The first kappa shape index (κ1) is 14.8. The molecule has 1 saturated heterocycles. The Hall–Kier alpha value is -1.26. The number of nitrogens with one attached hydrogen (secondary N) is 1. The maximum atomic E-state index is 12.2. The molecule has 18 heavy (non-hydrogen) atoms. The van der Waals surface area contributed by atoms with E-state index in [2.05, 4.69) is 5.32 Å². The molecule has 1 aliphatic heterocycles. The highest BCUT2D eigenvalue weighted by atomic mass is 16.4. The van der Waals surface area contributed by atoms with Crippen LogP contribution in [-0.2, 0) is 4.79 Å². The van der Waals surface area contributed by atoms with Crippen LogP contribution in [0.4, 0.5) is 4.79 Å². The van der Waals surface area contributed by atoms with E-state index >= 15 is 0 Å². The van der Waals surface area contributed by atoms with Crippen molar-refractivity contribution in [2.24, 2.45) is 0 Å². The number of piperidine rings is 1. The van der Waals surface area contributed by atoms with E-state index < -0.39 is 11.5 Å². The number of carbonyl (C=O) groups is 2. The SMILES string of the molecule is C[C@@H]1CCC[C@H](C)N1C(=O)NC(C)(C)CC(=O)O. The zero-order chi connectivity index (χ0) is 13.9. The van der Waals surface area contributed by atoms with Gasteiger partial charge in [0.25, 0.3) is 0 Å². The Morgan fingerprint density at radius 2 is 1.78 bits per heavy atom. The topological polar surface area (TPSA) is 69.6 Å². The normalized spacial score (nSPS) is 24.8. The third-order valence-corrected chi connectivity index (χ3v) is 3.47. The molecule has 5 nitrogen and oxygen atoms in total. The smallest absolute Gasteiger partial charge is 0.318 e. The van der Waals surface area contributed by atoms with Gasteiger partial charge in [-0.2, -0.15) is 0 Å². The van der Waals surface area contributed by atoms with Crippen LogP contribution in [0.2, 0.25) is 0 Å². The van der Waals surface area contributed by atoms with E-state index in [1.54, 1.807) is 13.8 Å². The lowest BCUT2D eigenvalue weighted by molar-refractivity contribution is -0.138. The lowest BCUT2D eigenvalue weighted by atomic mass is 9.97. The van der Waals surface area contributed by atoms with E-state index in [1.165, 1.54) is 0 Å². The van der Waals surface area contributed by atoms with Crippen LogP contribution < -0.4 is 5.32 Å². The van der Waals surface area contributed by atoms with Crippen molar-refractivity contribution in [1.29, 1.82) is 0 Å². The maximum Gasteiger partial charge on any atom is 0.318 e. The minimum absolute atomic E-state index is 0.0741. The standard InChI is InChI=1S/C13H24N2O3/c1-9-6-5-7-10(2)15(9)12(18)14-13(3,4)8-11(16)17/h9-10H,5-8H2,1-4H3,(H,14,18)(H,16,17)/t9-,10+. The molecule has 1 aliphatic rings. The first-order chi connectivity index (χ1) is 8.23. The van der Waals surface area contributed by atoms with Crippen molar-refractivity contribution < 1.29 is 14.7 Å². The molecule has 0 aromatic rings. The van der Waals surface area contributed by atoms with Gasteiger partial charge in [0.15, 0.2) is 0 Å². The monoisotopic (exact) mass is 256 g/mol. The number of carbonyl (C=O) groups excluding carboxylic acids is 1. The Kier molecular flexibility index (Phi) is 4.59. The van der Waals surface area contributed by atoms with E-state index in [0.29, 0.717) is 0 Å².